The molecule has 166 valence electrons. The molecular weight excluding hydrogens is 406 g/mol. The predicted molar refractivity (Wildman–Crippen MR) is 123 cm³/mol. The molecule has 0 spiro atoms. The van der Waals surface area contributed by atoms with E-state index in [0.29, 0.717) is 25.2 Å². The second-order valence-corrected chi connectivity index (χ2v) is 7.62. The van der Waals surface area contributed by atoms with Crippen LogP contribution in [0.15, 0.2) is 60.7 Å². The van der Waals surface area contributed by atoms with Gasteiger partial charge in [0.2, 0.25) is 5.91 Å². The number of nitrogens with one attached hydrogen (secondary N) is 1. The van der Waals surface area contributed by atoms with Crippen molar-refractivity contribution in [3.05, 3.63) is 82.9 Å². The predicted octanol–water partition coefficient (Wildman–Crippen LogP) is 2.77. The van der Waals surface area contributed by atoms with Crippen molar-refractivity contribution in [3.63, 3.8) is 0 Å². The Kier molecular flexibility index (Phi) is 8.08. The molecule has 1 aliphatic rings. The topological polar surface area (TPSA) is 90.0 Å². The van der Waals surface area contributed by atoms with Gasteiger partial charge in [-0.2, -0.15) is 0 Å². The van der Waals surface area contributed by atoms with Gasteiger partial charge in [0.25, 0.3) is 5.91 Å². The van der Waals surface area contributed by atoms with Crippen LogP contribution in [0.2, 0.25) is 0 Å². The number of nitrogens with zero attached hydrogens (tertiary/aromatic N) is 2. The molecule has 0 aromatic heterocycles. The lowest BCUT2D eigenvalue weighted by atomic mass is 10.0. The average molecular weight is 434 g/mol. The number of ketones is 1. The van der Waals surface area contributed by atoms with Gasteiger partial charge in [0.1, 0.15) is 0 Å². The second-order valence-electron chi connectivity index (χ2n) is 7.62. The van der Waals surface area contributed by atoms with E-state index in [1.807, 2.05) is 53.4 Å². The van der Waals surface area contributed by atoms with Crippen LogP contribution < -0.4 is 5.48 Å². The van der Waals surface area contributed by atoms with Crippen molar-refractivity contribution >= 4 is 29.7 Å². The number of benzene rings is 2. The summed E-state index contributed by atoms with van der Waals surface area (Å²) in [6.45, 7) is 5.23. The van der Waals surface area contributed by atoms with Gasteiger partial charge in [-0.3, -0.25) is 24.5 Å². The smallest absolute Gasteiger partial charge is 0.267 e. The summed E-state index contributed by atoms with van der Waals surface area (Å²) in [4.78, 5) is 39.7. The monoisotopic (exact) mass is 433 g/mol. The fourth-order valence-corrected chi connectivity index (χ4v) is 3.60. The van der Waals surface area contributed by atoms with Crippen molar-refractivity contribution < 1.29 is 19.6 Å². The van der Waals surface area contributed by atoms with Crippen molar-refractivity contribution in [2.75, 3.05) is 26.2 Å². The van der Waals surface area contributed by atoms with Crippen LogP contribution in [0.1, 0.15) is 34.0 Å². The zero-order valence-corrected chi connectivity index (χ0v) is 18.0. The van der Waals surface area contributed by atoms with Crippen LogP contribution in [0.4, 0.5) is 0 Å². The summed E-state index contributed by atoms with van der Waals surface area (Å²) < 4.78 is 0. The largest absolute Gasteiger partial charge is 0.340 e. The van der Waals surface area contributed by atoms with Gasteiger partial charge in [-0.15, -0.1) is 0 Å². The van der Waals surface area contributed by atoms with E-state index in [1.165, 1.54) is 6.08 Å². The van der Waals surface area contributed by atoms with Crippen LogP contribution in [-0.2, 0) is 16.1 Å². The Morgan fingerprint density at radius 3 is 2.25 bits per heavy atom. The first-order valence-corrected chi connectivity index (χ1v) is 10.5. The van der Waals surface area contributed by atoms with Gasteiger partial charge >= 0.3 is 0 Å². The molecule has 0 aliphatic carbocycles. The highest BCUT2D eigenvalue weighted by Crippen LogP contribution is 2.16. The Bertz CT molecular complexity index is 1040. The summed E-state index contributed by atoms with van der Waals surface area (Å²) in [6.07, 6.45) is 6.09. The first-order valence-electron chi connectivity index (χ1n) is 10.5. The van der Waals surface area contributed by atoms with E-state index in [4.69, 9.17) is 5.21 Å². The minimum Gasteiger partial charge on any atom is -0.340 e. The molecule has 7 nitrogen and oxygen atoms in total. The second kappa shape index (κ2) is 11.2. The molecule has 2 amide bonds. The Morgan fingerprint density at radius 1 is 0.938 bits per heavy atom. The summed E-state index contributed by atoms with van der Waals surface area (Å²) in [7, 11) is 0. The average Bonchev–Trinajstić information content (AvgIpc) is 2.82. The van der Waals surface area contributed by atoms with E-state index in [2.05, 4.69) is 4.90 Å². The van der Waals surface area contributed by atoms with Crippen molar-refractivity contribution in [1.82, 2.24) is 15.3 Å². The number of allylic oxidation sites excluding steroid dienone is 1. The number of piperazine rings is 1. The molecule has 2 N–H and O–H groups in total. The molecular formula is C25H27N3O4. The maximum atomic E-state index is 12.9. The normalized spacial score (nSPS) is 14.8. The molecule has 32 heavy (non-hydrogen) atoms. The lowest BCUT2D eigenvalue weighted by Crippen LogP contribution is -2.47. The highest BCUT2D eigenvalue weighted by atomic mass is 16.5. The SMILES string of the molecule is CC(=O)N1CCN(Cc2ccccc2C(=O)/C=C/c2cccc(/C=C/C(=O)NO)c2)CC1. The molecule has 0 saturated carbocycles. The van der Waals surface area contributed by atoms with Crippen molar-refractivity contribution in [2.24, 2.45) is 0 Å². The van der Waals surface area contributed by atoms with Gasteiger partial charge in [-0.1, -0.05) is 48.5 Å². The maximum Gasteiger partial charge on any atom is 0.267 e. The Labute approximate surface area is 187 Å². The highest BCUT2D eigenvalue weighted by molar-refractivity contribution is 6.07. The van der Waals surface area contributed by atoms with Crippen LogP contribution in [0.5, 0.6) is 0 Å². The van der Waals surface area contributed by atoms with Crippen LogP contribution >= 0.6 is 0 Å². The van der Waals surface area contributed by atoms with Crippen LogP contribution in [-0.4, -0.2) is 58.8 Å². The quantitative estimate of drug-likeness (QED) is 0.303. The van der Waals surface area contributed by atoms with E-state index < -0.39 is 5.91 Å². The van der Waals surface area contributed by atoms with E-state index in [1.54, 1.807) is 30.6 Å². The van der Waals surface area contributed by atoms with Gasteiger partial charge in [0.15, 0.2) is 5.78 Å². The molecule has 0 atom stereocenters. The number of carbonyl (C=O) groups is 3. The molecule has 1 aliphatic heterocycles. The summed E-state index contributed by atoms with van der Waals surface area (Å²) in [5, 5.41) is 8.56. The molecule has 1 fully saturated rings. The van der Waals surface area contributed by atoms with Crippen molar-refractivity contribution in [3.8, 4) is 0 Å². The lowest BCUT2D eigenvalue weighted by molar-refractivity contribution is -0.130. The summed E-state index contributed by atoms with van der Waals surface area (Å²) in [5.74, 6) is -0.592. The first-order chi connectivity index (χ1) is 15.5. The molecule has 2 aromatic rings. The van der Waals surface area contributed by atoms with Crippen molar-refractivity contribution in [1.29, 1.82) is 0 Å². The van der Waals surface area contributed by atoms with Gasteiger partial charge in [-0.05, 0) is 34.9 Å². The van der Waals surface area contributed by atoms with E-state index in [9.17, 15) is 14.4 Å². The van der Waals surface area contributed by atoms with Gasteiger partial charge in [-0.25, -0.2) is 5.48 Å². The Hall–Kier alpha value is -3.55. The summed E-state index contributed by atoms with van der Waals surface area (Å²) >= 11 is 0. The van der Waals surface area contributed by atoms with E-state index in [0.717, 1.165) is 29.8 Å². The van der Waals surface area contributed by atoms with Gasteiger partial charge in [0, 0.05) is 51.3 Å². The van der Waals surface area contributed by atoms with Crippen molar-refractivity contribution in [2.45, 2.75) is 13.5 Å². The van der Waals surface area contributed by atoms with Gasteiger partial charge < -0.3 is 4.90 Å². The maximum absolute atomic E-state index is 12.9. The number of rotatable bonds is 7. The Morgan fingerprint density at radius 2 is 1.59 bits per heavy atom. The number of hydrogen-bond acceptors (Lipinski definition) is 5. The summed E-state index contributed by atoms with van der Waals surface area (Å²) in [5.41, 5.74) is 4.76. The number of carbonyl (C=O) groups excluding carboxylic acids is 3. The fraction of sp³-hybridized carbons (Fsp3) is 0.240. The third-order valence-electron chi connectivity index (χ3n) is 5.37. The van der Waals surface area contributed by atoms with E-state index in [-0.39, 0.29) is 11.7 Å². The molecule has 3 rings (SSSR count). The van der Waals surface area contributed by atoms with Crippen LogP contribution in [0.3, 0.4) is 0 Å². The first kappa shape index (κ1) is 23.1. The zero-order chi connectivity index (χ0) is 22.9. The van der Waals surface area contributed by atoms with E-state index >= 15 is 0 Å². The number of hydroxylamine groups is 1. The molecule has 0 bridgehead atoms. The summed E-state index contributed by atoms with van der Waals surface area (Å²) in [6, 6.07) is 14.9. The molecule has 2 aromatic carbocycles. The van der Waals surface area contributed by atoms with Gasteiger partial charge in [0.05, 0.1) is 0 Å². The number of amides is 2. The molecule has 7 heteroatoms. The van der Waals surface area contributed by atoms with Crippen LogP contribution in [0, 0.1) is 0 Å². The molecule has 0 unspecified atom stereocenters. The molecule has 0 radical (unpaired) electrons. The minimum absolute atomic E-state index is 0.0800. The number of hydrogen-bond donors (Lipinski definition) is 2. The zero-order valence-electron chi connectivity index (χ0n) is 18.0. The van der Waals surface area contributed by atoms with Crippen LogP contribution in [0.25, 0.3) is 12.2 Å². The lowest BCUT2D eigenvalue weighted by Gasteiger charge is -2.34. The minimum atomic E-state index is -0.611. The highest BCUT2D eigenvalue weighted by Gasteiger charge is 2.20. The molecule has 1 heterocycles. The Balaban J connectivity index is 1.67. The fourth-order valence-electron chi connectivity index (χ4n) is 3.60. The molecule has 1 saturated heterocycles. The third-order valence-corrected chi connectivity index (χ3v) is 5.37. The third kappa shape index (κ3) is 6.47. The standard InChI is InChI=1S/C25H27N3O4/c1-19(29)28-15-13-27(14-16-28)18-22-7-2-3-8-23(22)24(30)11-9-20-5-4-6-21(17-20)10-12-25(31)26-32/h2-12,17,32H,13-16,18H2,1H3,(H,26,31)/b11-9+,12-10+.